The Morgan fingerprint density at radius 3 is 2.71 bits per heavy atom. The van der Waals surface area contributed by atoms with Crippen LogP contribution in [0.3, 0.4) is 0 Å². The SMILES string of the molecule is C[C@@H](OC(=O)CNC(=O)c1ccco1)c1nc2cc(Cl)ccc2n1Cc1ccccc1. The van der Waals surface area contributed by atoms with Crippen LogP contribution >= 0.6 is 11.6 Å². The second kappa shape index (κ2) is 9.06. The molecule has 0 saturated heterocycles. The average molecular weight is 438 g/mol. The Morgan fingerprint density at radius 2 is 1.97 bits per heavy atom. The number of benzene rings is 2. The number of carbonyl (C=O) groups is 2. The van der Waals surface area contributed by atoms with E-state index >= 15 is 0 Å². The highest BCUT2D eigenvalue weighted by Crippen LogP contribution is 2.26. The van der Waals surface area contributed by atoms with Gasteiger partial charge in [0, 0.05) is 11.6 Å². The van der Waals surface area contributed by atoms with Gasteiger partial charge >= 0.3 is 5.97 Å². The summed E-state index contributed by atoms with van der Waals surface area (Å²) in [5.41, 5.74) is 2.69. The number of carbonyl (C=O) groups excluding carboxylic acids is 2. The van der Waals surface area contributed by atoms with Gasteiger partial charge in [0.15, 0.2) is 17.7 Å². The Labute approximate surface area is 183 Å². The van der Waals surface area contributed by atoms with Gasteiger partial charge in [0.05, 0.1) is 17.3 Å². The van der Waals surface area contributed by atoms with Crippen molar-refractivity contribution in [2.24, 2.45) is 0 Å². The standard InChI is InChI=1S/C23H20ClN3O4/c1-15(31-21(28)13-25-23(29)20-8-5-11-30-20)22-26-18-12-17(24)9-10-19(18)27(22)14-16-6-3-2-4-7-16/h2-12,15H,13-14H2,1H3,(H,25,29)/t15-/m1/s1. The third kappa shape index (κ3) is 4.78. The van der Waals surface area contributed by atoms with Crippen LogP contribution in [0.5, 0.6) is 0 Å². The first kappa shape index (κ1) is 20.7. The van der Waals surface area contributed by atoms with Gasteiger partial charge in [-0.3, -0.25) is 9.59 Å². The quantitative estimate of drug-likeness (QED) is 0.434. The van der Waals surface area contributed by atoms with E-state index in [1.807, 2.05) is 41.0 Å². The lowest BCUT2D eigenvalue weighted by Crippen LogP contribution is -2.31. The molecule has 2 aromatic carbocycles. The van der Waals surface area contributed by atoms with Crippen molar-refractivity contribution in [1.29, 1.82) is 0 Å². The van der Waals surface area contributed by atoms with Crippen LogP contribution in [0.2, 0.25) is 5.02 Å². The molecule has 0 aliphatic rings. The second-order valence-electron chi connectivity index (χ2n) is 6.97. The van der Waals surface area contributed by atoms with Crippen LogP contribution < -0.4 is 5.32 Å². The second-order valence-corrected chi connectivity index (χ2v) is 7.40. The molecule has 2 aromatic heterocycles. The van der Waals surface area contributed by atoms with Crippen molar-refractivity contribution in [1.82, 2.24) is 14.9 Å². The number of amides is 1. The fraction of sp³-hybridized carbons (Fsp3) is 0.174. The first-order valence-corrected chi connectivity index (χ1v) is 10.1. The smallest absolute Gasteiger partial charge is 0.326 e. The number of esters is 1. The predicted octanol–water partition coefficient (Wildman–Crippen LogP) is 4.37. The van der Waals surface area contributed by atoms with Gasteiger partial charge in [0.1, 0.15) is 6.54 Å². The molecule has 8 heteroatoms. The highest BCUT2D eigenvalue weighted by Gasteiger charge is 2.21. The molecule has 0 bridgehead atoms. The number of ether oxygens (including phenoxy) is 1. The van der Waals surface area contributed by atoms with E-state index < -0.39 is 18.0 Å². The molecule has 158 valence electrons. The summed E-state index contributed by atoms with van der Waals surface area (Å²) in [6, 6.07) is 18.5. The highest BCUT2D eigenvalue weighted by molar-refractivity contribution is 6.31. The zero-order valence-corrected chi connectivity index (χ0v) is 17.5. The molecule has 0 fully saturated rings. The Kier molecular flexibility index (Phi) is 6.04. The zero-order valence-electron chi connectivity index (χ0n) is 16.7. The van der Waals surface area contributed by atoms with Gasteiger partial charge in [-0.05, 0) is 42.8 Å². The molecule has 0 saturated carbocycles. The van der Waals surface area contributed by atoms with Crippen LogP contribution in [0.15, 0.2) is 71.3 Å². The summed E-state index contributed by atoms with van der Waals surface area (Å²) >= 11 is 6.14. The van der Waals surface area contributed by atoms with Crippen LogP contribution in [0.4, 0.5) is 0 Å². The lowest BCUT2D eigenvalue weighted by atomic mass is 10.2. The van der Waals surface area contributed by atoms with Crippen molar-refractivity contribution in [2.45, 2.75) is 19.6 Å². The van der Waals surface area contributed by atoms with Crippen LogP contribution in [0.25, 0.3) is 11.0 Å². The topological polar surface area (TPSA) is 86.4 Å². The van der Waals surface area contributed by atoms with Crippen molar-refractivity contribution in [3.8, 4) is 0 Å². The Morgan fingerprint density at radius 1 is 1.16 bits per heavy atom. The summed E-state index contributed by atoms with van der Waals surface area (Å²) in [5, 5.41) is 3.06. The van der Waals surface area contributed by atoms with Crippen molar-refractivity contribution in [3.63, 3.8) is 0 Å². The number of halogens is 1. The molecule has 0 radical (unpaired) electrons. The number of hydrogen-bond acceptors (Lipinski definition) is 5. The normalized spacial score (nSPS) is 11.9. The minimum atomic E-state index is -0.636. The zero-order chi connectivity index (χ0) is 21.8. The van der Waals surface area contributed by atoms with Gasteiger partial charge in [0.2, 0.25) is 0 Å². The van der Waals surface area contributed by atoms with Crippen molar-refractivity contribution in [2.75, 3.05) is 6.54 Å². The fourth-order valence-corrected chi connectivity index (χ4v) is 3.47. The molecule has 1 atom stereocenters. The lowest BCUT2D eigenvalue weighted by Gasteiger charge is -2.16. The molecule has 4 rings (SSSR count). The summed E-state index contributed by atoms with van der Waals surface area (Å²) in [7, 11) is 0. The van der Waals surface area contributed by atoms with Gasteiger partial charge in [-0.1, -0.05) is 41.9 Å². The molecular weight excluding hydrogens is 418 g/mol. The summed E-state index contributed by atoms with van der Waals surface area (Å²) in [5.74, 6) is -0.349. The summed E-state index contributed by atoms with van der Waals surface area (Å²) in [6.07, 6.45) is 0.751. The molecule has 4 aromatic rings. The first-order chi connectivity index (χ1) is 15.0. The molecular formula is C23H20ClN3O4. The minimum absolute atomic E-state index is 0.127. The molecule has 7 nitrogen and oxygen atoms in total. The molecule has 0 aliphatic carbocycles. The fourth-order valence-electron chi connectivity index (χ4n) is 3.30. The molecule has 0 unspecified atom stereocenters. The maximum Gasteiger partial charge on any atom is 0.326 e. The van der Waals surface area contributed by atoms with Crippen molar-refractivity contribution < 1.29 is 18.7 Å². The molecule has 1 N–H and O–H groups in total. The predicted molar refractivity (Wildman–Crippen MR) is 116 cm³/mol. The number of nitrogens with zero attached hydrogens (tertiary/aromatic N) is 2. The Balaban J connectivity index is 1.52. The third-order valence-corrected chi connectivity index (χ3v) is 4.97. The van der Waals surface area contributed by atoms with E-state index in [4.69, 9.17) is 20.8 Å². The summed E-state index contributed by atoms with van der Waals surface area (Å²) in [6.45, 7) is 2.02. The van der Waals surface area contributed by atoms with Crippen LogP contribution in [-0.4, -0.2) is 28.0 Å². The maximum absolute atomic E-state index is 12.3. The average Bonchev–Trinajstić information content (AvgIpc) is 3.41. The van der Waals surface area contributed by atoms with Crippen LogP contribution in [0, 0.1) is 0 Å². The summed E-state index contributed by atoms with van der Waals surface area (Å²) < 4.78 is 12.5. The minimum Gasteiger partial charge on any atom is -0.459 e. The van der Waals surface area contributed by atoms with E-state index in [0.29, 0.717) is 22.9 Å². The van der Waals surface area contributed by atoms with E-state index in [1.165, 1.54) is 12.3 Å². The van der Waals surface area contributed by atoms with Gasteiger partial charge < -0.3 is 19.0 Å². The number of furan rings is 1. The molecule has 2 heterocycles. The number of fused-ring (bicyclic) bond motifs is 1. The van der Waals surface area contributed by atoms with Crippen LogP contribution in [0.1, 0.15) is 35.0 Å². The molecule has 0 spiro atoms. The van der Waals surface area contributed by atoms with Crippen LogP contribution in [-0.2, 0) is 16.1 Å². The Hall–Kier alpha value is -3.58. The van der Waals surface area contributed by atoms with E-state index in [-0.39, 0.29) is 12.3 Å². The van der Waals surface area contributed by atoms with Crippen molar-refractivity contribution in [3.05, 3.63) is 89.1 Å². The van der Waals surface area contributed by atoms with E-state index in [9.17, 15) is 9.59 Å². The monoisotopic (exact) mass is 437 g/mol. The number of rotatable bonds is 7. The number of aromatic nitrogens is 2. The number of imidazole rings is 1. The molecule has 0 aliphatic heterocycles. The number of nitrogens with one attached hydrogen (secondary N) is 1. The lowest BCUT2D eigenvalue weighted by molar-refractivity contribution is -0.147. The third-order valence-electron chi connectivity index (χ3n) is 4.73. The van der Waals surface area contributed by atoms with Crippen molar-refractivity contribution >= 4 is 34.5 Å². The van der Waals surface area contributed by atoms with Gasteiger partial charge in [-0.2, -0.15) is 0 Å². The van der Waals surface area contributed by atoms with E-state index in [0.717, 1.165) is 11.1 Å². The molecule has 1 amide bonds. The van der Waals surface area contributed by atoms with Gasteiger partial charge in [-0.15, -0.1) is 0 Å². The first-order valence-electron chi connectivity index (χ1n) is 9.72. The van der Waals surface area contributed by atoms with E-state index in [1.54, 1.807) is 25.1 Å². The van der Waals surface area contributed by atoms with Gasteiger partial charge in [-0.25, -0.2) is 4.98 Å². The van der Waals surface area contributed by atoms with E-state index in [2.05, 4.69) is 10.3 Å². The highest BCUT2D eigenvalue weighted by atomic mass is 35.5. The van der Waals surface area contributed by atoms with Gasteiger partial charge in [0.25, 0.3) is 5.91 Å². The number of hydrogen-bond donors (Lipinski definition) is 1. The summed E-state index contributed by atoms with van der Waals surface area (Å²) in [4.78, 5) is 28.9. The Bertz CT molecular complexity index is 1200. The largest absolute Gasteiger partial charge is 0.459 e. The molecule has 31 heavy (non-hydrogen) atoms. The maximum atomic E-state index is 12.3.